The molecule has 0 unspecified atom stereocenters. The van der Waals surface area contributed by atoms with Gasteiger partial charge in [0.1, 0.15) is 18.2 Å². The van der Waals surface area contributed by atoms with Crippen LogP contribution in [0.1, 0.15) is 40.3 Å². The summed E-state index contributed by atoms with van der Waals surface area (Å²) >= 11 is 7.62. The van der Waals surface area contributed by atoms with E-state index in [4.69, 9.17) is 21.3 Å². The van der Waals surface area contributed by atoms with Crippen molar-refractivity contribution in [2.45, 2.75) is 25.5 Å². The maximum absolute atomic E-state index is 13.9. The quantitative estimate of drug-likeness (QED) is 0.233. The average molecular weight is 579 g/mol. The molecule has 202 valence electrons. The minimum Gasteiger partial charge on any atom is -0.489 e. The van der Waals surface area contributed by atoms with Gasteiger partial charge in [-0.1, -0.05) is 89.7 Å². The second-order valence-corrected chi connectivity index (χ2v) is 11.5. The molecule has 0 saturated heterocycles. The number of rotatable bonds is 5. The van der Waals surface area contributed by atoms with E-state index in [9.17, 15) is 9.18 Å². The fraction of sp³-hybridized carbons (Fsp3) is 0.118. The minimum atomic E-state index is -0.335. The Hall–Kier alpha value is -4.26. The van der Waals surface area contributed by atoms with Crippen LogP contribution in [0.2, 0.25) is 5.02 Å². The number of thiazole rings is 1. The first-order valence-electron chi connectivity index (χ1n) is 13.4. The summed E-state index contributed by atoms with van der Waals surface area (Å²) in [5, 5.41) is 0.670. The molecule has 0 fully saturated rings. The monoisotopic (exact) mass is 578 g/mol. The standard InChI is InChI=1S/C34H24ClFN2O2S/c35-29-8-4-2-6-24(29)20-40-26-16-9-21(10-17-26)19-30-33(39)38-32(23-11-14-25(36)15-12-23)28-18-13-22-5-1-3-7-27(22)31(28)37-34(38)41-30/h1-12,14-17,19,32H,13,18,20H2/b30-19+/t32-/m0/s1. The van der Waals surface area contributed by atoms with E-state index in [1.54, 1.807) is 16.7 Å². The van der Waals surface area contributed by atoms with Crippen LogP contribution in [0.5, 0.6) is 5.75 Å². The van der Waals surface area contributed by atoms with Crippen LogP contribution in [-0.4, -0.2) is 4.57 Å². The molecular formula is C34H24ClFN2O2S. The zero-order chi connectivity index (χ0) is 27.9. The third kappa shape index (κ3) is 4.83. The van der Waals surface area contributed by atoms with Gasteiger partial charge in [-0.2, -0.15) is 0 Å². The number of allylic oxidation sites excluding steroid dienone is 1. The highest BCUT2D eigenvalue weighted by Gasteiger charge is 2.32. The van der Waals surface area contributed by atoms with Gasteiger partial charge < -0.3 is 4.74 Å². The lowest BCUT2D eigenvalue weighted by molar-refractivity contribution is 0.306. The average Bonchev–Trinajstić information content (AvgIpc) is 3.31. The number of hydrogen-bond donors (Lipinski definition) is 0. The van der Waals surface area contributed by atoms with Gasteiger partial charge in [-0.15, -0.1) is 0 Å². The Labute approximate surface area is 245 Å². The molecule has 7 rings (SSSR count). The van der Waals surface area contributed by atoms with E-state index in [0.717, 1.165) is 46.4 Å². The number of fused-ring (bicyclic) bond motifs is 3. The van der Waals surface area contributed by atoms with Crippen molar-refractivity contribution in [2.75, 3.05) is 0 Å². The first kappa shape index (κ1) is 25.7. The summed E-state index contributed by atoms with van der Waals surface area (Å²) < 4.78 is 22.2. The lowest BCUT2D eigenvalue weighted by Crippen LogP contribution is -2.38. The Kier molecular flexibility index (Phi) is 6.65. The fourth-order valence-corrected chi connectivity index (χ4v) is 6.75. The Morgan fingerprint density at radius 1 is 0.951 bits per heavy atom. The van der Waals surface area contributed by atoms with Crippen LogP contribution in [0.15, 0.2) is 112 Å². The van der Waals surface area contributed by atoms with E-state index in [0.29, 0.717) is 26.7 Å². The first-order valence-corrected chi connectivity index (χ1v) is 14.6. The van der Waals surface area contributed by atoms with Gasteiger partial charge in [0.2, 0.25) is 0 Å². The van der Waals surface area contributed by atoms with Crippen LogP contribution in [0.3, 0.4) is 0 Å². The van der Waals surface area contributed by atoms with Crippen LogP contribution < -0.4 is 19.6 Å². The molecule has 0 bridgehead atoms. The normalized spacial score (nSPS) is 16.0. The van der Waals surface area contributed by atoms with Gasteiger partial charge in [-0.05, 0) is 71.5 Å². The molecule has 2 heterocycles. The molecule has 41 heavy (non-hydrogen) atoms. The zero-order valence-corrected chi connectivity index (χ0v) is 23.5. The maximum Gasteiger partial charge on any atom is 0.271 e. The van der Waals surface area contributed by atoms with Crippen LogP contribution in [0, 0.1) is 5.82 Å². The molecule has 1 aliphatic carbocycles. The lowest BCUT2D eigenvalue weighted by atomic mass is 9.83. The largest absolute Gasteiger partial charge is 0.489 e. The van der Waals surface area contributed by atoms with Crippen molar-refractivity contribution >= 4 is 34.7 Å². The molecule has 0 saturated carbocycles. The Bertz CT molecular complexity index is 1990. The molecule has 5 aromatic rings. The van der Waals surface area contributed by atoms with E-state index in [2.05, 4.69) is 12.1 Å². The number of aryl methyl sites for hydroxylation is 1. The molecule has 0 N–H and O–H groups in total. The molecule has 1 aliphatic heterocycles. The number of hydrogen-bond acceptors (Lipinski definition) is 4. The molecule has 0 radical (unpaired) electrons. The van der Waals surface area contributed by atoms with Gasteiger partial charge >= 0.3 is 0 Å². The van der Waals surface area contributed by atoms with Crippen LogP contribution in [-0.2, 0) is 13.0 Å². The van der Waals surface area contributed by atoms with Crippen LogP contribution in [0.25, 0.3) is 11.8 Å². The minimum absolute atomic E-state index is 0.104. The number of nitrogens with zero attached hydrogens (tertiary/aromatic N) is 2. The molecular weight excluding hydrogens is 555 g/mol. The highest BCUT2D eigenvalue weighted by atomic mass is 35.5. The summed E-state index contributed by atoms with van der Waals surface area (Å²) in [6.07, 6.45) is 3.55. The summed E-state index contributed by atoms with van der Waals surface area (Å²) in [6.45, 7) is 0.370. The van der Waals surface area contributed by atoms with Gasteiger partial charge in [0.05, 0.1) is 16.3 Å². The zero-order valence-electron chi connectivity index (χ0n) is 21.9. The highest BCUT2D eigenvalue weighted by Crippen LogP contribution is 2.41. The van der Waals surface area contributed by atoms with E-state index < -0.39 is 0 Å². The topological polar surface area (TPSA) is 43.6 Å². The van der Waals surface area contributed by atoms with Gasteiger partial charge in [-0.3, -0.25) is 9.36 Å². The summed E-state index contributed by atoms with van der Waals surface area (Å²) in [4.78, 5) is 19.6. The van der Waals surface area contributed by atoms with Crippen molar-refractivity contribution < 1.29 is 9.13 Å². The van der Waals surface area contributed by atoms with Crippen molar-refractivity contribution in [2.24, 2.45) is 4.99 Å². The summed E-state index contributed by atoms with van der Waals surface area (Å²) in [5.41, 5.74) is 6.94. The van der Waals surface area contributed by atoms with Crippen molar-refractivity contribution in [3.05, 3.63) is 161 Å². The Morgan fingerprint density at radius 3 is 2.51 bits per heavy atom. The smallest absolute Gasteiger partial charge is 0.271 e. The van der Waals surface area contributed by atoms with Crippen LogP contribution in [0.4, 0.5) is 4.39 Å². The number of ether oxygens (including phenoxy) is 1. The number of halogens is 2. The van der Waals surface area contributed by atoms with Gasteiger partial charge in [-0.25, -0.2) is 9.38 Å². The molecule has 0 spiro atoms. The summed E-state index contributed by atoms with van der Waals surface area (Å²) in [6, 6.07) is 29.7. The van der Waals surface area contributed by atoms with Crippen molar-refractivity contribution in [3.8, 4) is 5.75 Å². The van der Waals surface area contributed by atoms with Crippen LogP contribution >= 0.6 is 22.9 Å². The van der Waals surface area contributed by atoms with Gasteiger partial charge in [0, 0.05) is 16.1 Å². The highest BCUT2D eigenvalue weighted by molar-refractivity contribution is 7.07. The molecule has 0 amide bonds. The number of benzene rings is 4. The summed E-state index contributed by atoms with van der Waals surface area (Å²) in [7, 11) is 0. The van der Waals surface area contributed by atoms with E-state index >= 15 is 0 Å². The fourth-order valence-electron chi connectivity index (χ4n) is 5.56. The maximum atomic E-state index is 13.9. The molecule has 7 heteroatoms. The van der Waals surface area contributed by atoms with E-state index in [1.165, 1.54) is 29.0 Å². The lowest BCUT2D eigenvalue weighted by Gasteiger charge is -2.30. The van der Waals surface area contributed by atoms with Gasteiger partial charge in [0.15, 0.2) is 4.80 Å². The summed E-state index contributed by atoms with van der Waals surface area (Å²) in [5.74, 6) is 0.412. The molecule has 1 atom stereocenters. The van der Waals surface area contributed by atoms with Gasteiger partial charge in [0.25, 0.3) is 5.56 Å². The molecule has 1 aromatic heterocycles. The Balaban J connectivity index is 1.27. The second-order valence-electron chi connectivity index (χ2n) is 10.1. The number of aromatic nitrogens is 1. The van der Waals surface area contributed by atoms with Crippen molar-refractivity contribution in [1.82, 2.24) is 4.57 Å². The Morgan fingerprint density at radius 2 is 1.71 bits per heavy atom. The molecule has 4 aromatic carbocycles. The van der Waals surface area contributed by atoms with Crippen molar-refractivity contribution in [3.63, 3.8) is 0 Å². The predicted molar refractivity (Wildman–Crippen MR) is 161 cm³/mol. The SMILES string of the molecule is O=c1/c(=C\c2ccc(OCc3ccccc3Cl)cc2)sc2n1[C@@H](c1ccc(F)cc1)C1=C(N=2)c2ccccc2CC1. The molecule has 4 nitrogen and oxygen atoms in total. The van der Waals surface area contributed by atoms with E-state index in [-0.39, 0.29) is 17.4 Å². The second kappa shape index (κ2) is 10.6. The predicted octanol–water partition coefficient (Wildman–Crippen LogP) is 6.69. The first-order chi connectivity index (χ1) is 20.0. The van der Waals surface area contributed by atoms with E-state index in [1.807, 2.05) is 66.7 Å². The third-order valence-electron chi connectivity index (χ3n) is 7.59. The van der Waals surface area contributed by atoms with Crippen molar-refractivity contribution in [1.29, 1.82) is 0 Å². The third-order valence-corrected chi connectivity index (χ3v) is 8.94. The molecule has 2 aliphatic rings.